The van der Waals surface area contributed by atoms with Crippen molar-refractivity contribution in [2.24, 2.45) is 0 Å². The molecule has 0 spiro atoms. The minimum atomic E-state index is 0.144. The summed E-state index contributed by atoms with van der Waals surface area (Å²) < 4.78 is 11.5. The van der Waals surface area contributed by atoms with Gasteiger partial charge in [0.25, 0.3) is 11.1 Å². The van der Waals surface area contributed by atoms with Gasteiger partial charge in [-0.2, -0.15) is 15.0 Å². The second kappa shape index (κ2) is 10.3. The Morgan fingerprint density at radius 1 is 1.06 bits per heavy atom. The van der Waals surface area contributed by atoms with Crippen LogP contribution in [-0.2, 0) is 18.8 Å². The number of thioether (sulfide) groups is 1. The normalized spacial score (nSPS) is 10.9. The van der Waals surface area contributed by atoms with Crippen LogP contribution >= 0.6 is 11.8 Å². The second-order valence-electron chi connectivity index (χ2n) is 7.38. The molecule has 0 radical (unpaired) electrons. The molecule has 0 aliphatic heterocycles. The van der Waals surface area contributed by atoms with Gasteiger partial charge in [0, 0.05) is 5.69 Å². The van der Waals surface area contributed by atoms with Crippen molar-refractivity contribution in [1.82, 2.24) is 25.1 Å². The quantitative estimate of drug-likeness (QED) is 0.339. The molecule has 0 saturated carbocycles. The molecular weight excluding hydrogens is 438 g/mol. The van der Waals surface area contributed by atoms with E-state index in [0.29, 0.717) is 28.6 Å². The largest absolute Gasteiger partial charge is 0.484 e. The number of rotatable bonds is 9. The van der Waals surface area contributed by atoms with E-state index in [0.717, 1.165) is 34.5 Å². The van der Waals surface area contributed by atoms with E-state index in [9.17, 15) is 0 Å². The molecule has 4 aromatic rings. The lowest BCUT2D eigenvalue weighted by Gasteiger charge is -2.10. The van der Waals surface area contributed by atoms with Gasteiger partial charge in [-0.25, -0.2) is 0 Å². The first-order valence-corrected chi connectivity index (χ1v) is 11.5. The predicted octanol–water partition coefficient (Wildman–Crippen LogP) is 4.63. The number of aryl methyl sites for hydroxylation is 3. The Labute approximate surface area is 196 Å². The van der Waals surface area contributed by atoms with Crippen molar-refractivity contribution in [1.29, 1.82) is 0 Å². The summed E-state index contributed by atoms with van der Waals surface area (Å²) in [6.07, 6.45) is 0.888. The Kier molecular flexibility index (Phi) is 7.04. The number of nitrogens with one attached hydrogen (secondary N) is 1. The highest BCUT2D eigenvalue weighted by molar-refractivity contribution is 7.98. The fraction of sp³-hybridized carbons (Fsp3) is 0.261. The van der Waals surface area contributed by atoms with Crippen LogP contribution < -0.4 is 15.8 Å². The number of ether oxygens (including phenoxy) is 1. The molecule has 0 saturated heterocycles. The fourth-order valence-electron chi connectivity index (χ4n) is 3.11. The van der Waals surface area contributed by atoms with E-state index in [1.165, 1.54) is 11.8 Å². The molecule has 2 aromatic heterocycles. The van der Waals surface area contributed by atoms with E-state index in [4.69, 9.17) is 14.9 Å². The van der Waals surface area contributed by atoms with Crippen molar-refractivity contribution in [3.05, 3.63) is 70.9 Å². The monoisotopic (exact) mass is 463 g/mol. The first kappa shape index (κ1) is 22.5. The molecule has 0 bridgehead atoms. The molecule has 2 heterocycles. The lowest BCUT2D eigenvalue weighted by Crippen LogP contribution is -2.07. The van der Waals surface area contributed by atoms with Gasteiger partial charge in [0.15, 0.2) is 6.61 Å². The van der Waals surface area contributed by atoms with Gasteiger partial charge in [-0.3, -0.25) is 0 Å². The molecule has 33 heavy (non-hydrogen) atoms. The number of hydrogen-bond acceptors (Lipinski definition) is 10. The first-order valence-electron chi connectivity index (χ1n) is 10.5. The summed E-state index contributed by atoms with van der Waals surface area (Å²) in [7, 11) is 0. The van der Waals surface area contributed by atoms with Crippen molar-refractivity contribution in [2.45, 2.75) is 44.8 Å². The lowest BCUT2D eigenvalue weighted by molar-refractivity contribution is 0.250. The molecule has 10 heteroatoms. The molecule has 0 fully saturated rings. The number of benzene rings is 2. The van der Waals surface area contributed by atoms with Crippen molar-refractivity contribution < 1.29 is 9.15 Å². The van der Waals surface area contributed by atoms with Crippen LogP contribution in [0.3, 0.4) is 0 Å². The molecule has 3 N–H and O–H groups in total. The Balaban J connectivity index is 1.37. The smallest absolute Gasteiger partial charge is 0.277 e. The van der Waals surface area contributed by atoms with E-state index < -0.39 is 0 Å². The number of aromatic nitrogens is 5. The molecule has 0 atom stereocenters. The third-order valence-corrected chi connectivity index (χ3v) is 5.63. The molecule has 0 aliphatic rings. The van der Waals surface area contributed by atoms with Gasteiger partial charge in [0.05, 0.1) is 5.75 Å². The van der Waals surface area contributed by atoms with Crippen molar-refractivity contribution in [3.8, 4) is 5.75 Å². The summed E-state index contributed by atoms with van der Waals surface area (Å²) in [6, 6.07) is 14.0. The zero-order valence-corrected chi connectivity index (χ0v) is 19.5. The Bertz CT molecular complexity index is 1250. The van der Waals surface area contributed by atoms with Crippen molar-refractivity contribution >= 4 is 29.3 Å². The minimum absolute atomic E-state index is 0.144. The third-order valence-electron chi connectivity index (χ3n) is 4.81. The highest BCUT2D eigenvalue weighted by atomic mass is 32.2. The van der Waals surface area contributed by atoms with Crippen LogP contribution in [0.15, 0.2) is 52.1 Å². The molecule has 0 amide bonds. The van der Waals surface area contributed by atoms with Crippen LogP contribution in [0.25, 0.3) is 0 Å². The number of nitrogens with two attached hydrogens (primary N) is 1. The number of nitrogen functional groups attached to an aromatic ring is 1. The van der Waals surface area contributed by atoms with E-state index in [-0.39, 0.29) is 12.6 Å². The molecule has 170 valence electrons. The SMILES string of the molecule is CCc1ccccc1Nc1nc(N)nc(CSc2nnc(COc3cc(C)ccc3C)o2)n1. The average Bonchev–Trinajstić information content (AvgIpc) is 3.26. The maximum atomic E-state index is 5.89. The van der Waals surface area contributed by atoms with E-state index >= 15 is 0 Å². The van der Waals surface area contributed by atoms with Gasteiger partial charge in [0.1, 0.15) is 11.6 Å². The highest BCUT2D eigenvalue weighted by Gasteiger charge is 2.12. The molecule has 2 aromatic carbocycles. The van der Waals surface area contributed by atoms with Gasteiger partial charge >= 0.3 is 0 Å². The van der Waals surface area contributed by atoms with Crippen LogP contribution in [0.1, 0.15) is 35.3 Å². The summed E-state index contributed by atoms with van der Waals surface area (Å²) in [5.41, 5.74) is 10.2. The molecule has 0 aliphatic carbocycles. The molecule has 4 rings (SSSR count). The van der Waals surface area contributed by atoms with Crippen LogP contribution in [0.2, 0.25) is 0 Å². The fourth-order valence-corrected chi connectivity index (χ4v) is 3.75. The maximum Gasteiger partial charge on any atom is 0.277 e. The van der Waals surface area contributed by atoms with Gasteiger partial charge in [-0.05, 0) is 49.1 Å². The maximum absolute atomic E-state index is 5.89. The second-order valence-corrected chi connectivity index (χ2v) is 8.30. The van der Waals surface area contributed by atoms with Crippen molar-refractivity contribution in [2.75, 3.05) is 11.1 Å². The zero-order chi connectivity index (χ0) is 23.2. The Morgan fingerprint density at radius 2 is 1.91 bits per heavy atom. The first-order chi connectivity index (χ1) is 16.0. The predicted molar refractivity (Wildman–Crippen MR) is 127 cm³/mol. The van der Waals surface area contributed by atoms with Gasteiger partial charge in [-0.1, -0.05) is 49.0 Å². The standard InChI is InChI=1S/C23H25N7O2S/c1-4-16-7-5-6-8-17(16)25-22-27-19(26-21(24)28-22)13-33-23-30-29-20(32-23)12-31-18-11-14(2)9-10-15(18)3/h5-11H,4,12-13H2,1-3H3,(H3,24,25,26,27,28). The number of para-hydroxylation sites is 1. The molecule has 0 unspecified atom stereocenters. The highest BCUT2D eigenvalue weighted by Crippen LogP contribution is 2.24. The average molecular weight is 464 g/mol. The Morgan fingerprint density at radius 3 is 2.76 bits per heavy atom. The Hall–Kier alpha value is -3.66. The molecule has 9 nitrogen and oxygen atoms in total. The van der Waals surface area contributed by atoms with Crippen LogP contribution in [0.5, 0.6) is 5.75 Å². The summed E-state index contributed by atoms with van der Waals surface area (Å²) in [6.45, 7) is 6.30. The van der Waals surface area contributed by atoms with Gasteiger partial charge in [0.2, 0.25) is 11.9 Å². The summed E-state index contributed by atoms with van der Waals surface area (Å²) in [4.78, 5) is 12.9. The van der Waals surface area contributed by atoms with E-state index in [1.54, 1.807) is 0 Å². The number of hydrogen-bond donors (Lipinski definition) is 2. The third kappa shape index (κ3) is 5.98. The zero-order valence-electron chi connectivity index (χ0n) is 18.7. The molecular formula is C23H25N7O2S. The minimum Gasteiger partial charge on any atom is -0.484 e. The van der Waals surface area contributed by atoms with Crippen LogP contribution in [-0.4, -0.2) is 25.1 Å². The van der Waals surface area contributed by atoms with Crippen molar-refractivity contribution in [3.63, 3.8) is 0 Å². The summed E-state index contributed by atoms with van der Waals surface area (Å²) in [5.74, 6) is 2.64. The summed E-state index contributed by atoms with van der Waals surface area (Å²) in [5, 5.41) is 11.8. The van der Waals surface area contributed by atoms with Crippen LogP contribution in [0, 0.1) is 13.8 Å². The number of nitrogens with zero attached hydrogens (tertiary/aromatic N) is 5. The topological polar surface area (TPSA) is 125 Å². The van der Waals surface area contributed by atoms with Gasteiger partial charge < -0.3 is 20.2 Å². The summed E-state index contributed by atoms with van der Waals surface area (Å²) >= 11 is 1.32. The van der Waals surface area contributed by atoms with E-state index in [2.05, 4.69) is 43.5 Å². The van der Waals surface area contributed by atoms with E-state index in [1.807, 2.05) is 50.2 Å². The van der Waals surface area contributed by atoms with Gasteiger partial charge in [-0.15, -0.1) is 10.2 Å². The van der Waals surface area contributed by atoms with Crippen LogP contribution in [0.4, 0.5) is 17.6 Å². The lowest BCUT2D eigenvalue weighted by atomic mass is 10.1. The number of anilines is 3.